The third-order valence-corrected chi connectivity index (χ3v) is 2.06. The maximum Gasteiger partial charge on any atom is 0.158 e. The maximum absolute atomic E-state index is 5.97. The molecule has 0 saturated heterocycles. The Kier molecular flexibility index (Phi) is 2.21. The molecule has 0 fully saturated rings. The predicted octanol–water partition coefficient (Wildman–Crippen LogP) is 1.93. The molecule has 0 unspecified atom stereocenters. The molecule has 14 heavy (non-hydrogen) atoms. The zero-order valence-electron chi connectivity index (χ0n) is 7.90. The highest BCUT2D eigenvalue weighted by Gasteiger charge is 2.06. The number of hydrogen-bond donors (Lipinski definition) is 0. The molecule has 0 radical (unpaired) electrons. The summed E-state index contributed by atoms with van der Waals surface area (Å²) in [6.07, 6.45) is 1.50. The summed E-state index contributed by atoms with van der Waals surface area (Å²) >= 11 is 5.97. The first-order chi connectivity index (χ1) is 6.66. The summed E-state index contributed by atoms with van der Waals surface area (Å²) in [5, 5.41) is 4.77. The van der Waals surface area contributed by atoms with Gasteiger partial charge in [0, 0.05) is 11.8 Å². The molecular weight excluding hydrogens is 200 g/mol. The van der Waals surface area contributed by atoms with E-state index in [1.54, 1.807) is 10.7 Å². The van der Waals surface area contributed by atoms with Crippen molar-refractivity contribution in [2.45, 2.75) is 13.8 Å². The van der Waals surface area contributed by atoms with Gasteiger partial charge in [0.2, 0.25) is 0 Å². The fourth-order valence-electron chi connectivity index (χ4n) is 1.18. The molecule has 2 aromatic rings. The van der Waals surface area contributed by atoms with Gasteiger partial charge in [-0.3, -0.25) is 0 Å². The van der Waals surface area contributed by atoms with E-state index in [1.165, 1.54) is 6.33 Å². The van der Waals surface area contributed by atoms with Gasteiger partial charge in [0.05, 0.1) is 5.69 Å². The van der Waals surface area contributed by atoms with Crippen molar-refractivity contribution in [2.24, 2.45) is 0 Å². The lowest BCUT2D eigenvalue weighted by atomic mass is 10.4. The van der Waals surface area contributed by atoms with Crippen molar-refractivity contribution in [2.75, 3.05) is 0 Å². The fourth-order valence-corrected chi connectivity index (χ4v) is 1.47. The van der Waals surface area contributed by atoms with Crippen LogP contribution in [0.4, 0.5) is 0 Å². The molecule has 0 N–H and O–H groups in total. The Morgan fingerprint density at radius 1 is 1.14 bits per heavy atom. The number of hydrogen-bond acceptors (Lipinski definition) is 3. The van der Waals surface area contributed by atoms with E-state index in [0.717, 1.165) is 11.4 Å². The fraction of sp³-hybridized carbons (Fsp3) is 0.222. The molecule has 4 nitrogen and oxygen atoms in total. The van der Waals surface area contributed by atoms with Gasteiger partial charge in [-0.1, -0.05) is 11.6 Å². The van der Waals surface area contributed by atoms with Crippen LogP contribution >= 0.6 is 11.6 Å². The van der Waals surface area contributed by atoms with Crippen LogP contribution in [0.3, 0.4) is 0 Å². The van der Waals surface area contributed by atoms with Gasteiger partial charge >= 0.3 is 0 Å². The Balaban J connectivity index is 2.54. The molecule has 0 aliphatic rings. The molecule has 0 amide bonds. The van der Waals surface area contributed by atoms with Crippen molar-refractivity contribution in [3.8, 4) is 5.82 Å². The molecule has 0 aromatic carbocycles. The number of aryl methyl sites for hydroxylation is 2. The second-order valence-corrected chi connectivity index (χ2v) is 3.43. The Labute approximate surface area is 86.6 Å². The summed E-state index contributed by atoms with van der Waals surface area (Å²) in [5.41, 5.74) is 1.76. The minimum atomic E-state index is 0.556. The summed E-state index contributed by atoms with van der Waals surface area (Å²) in [5.74, 6) is 0.690. The Morgan fingerprint density at radius 2 is 1.93 bits per heavy atom. The lowest BCUT2D eigenvalue weighted by molar-refractivity contribution is 0.822. The van der Waals surface area contributed by atoms with Crippen molar-refractivity contribution in [3.63, 3.8) is 0 Å². The van der Waals surface area contributed by atoms with Crippen LogP contribution < -0.4 is 0 Å². The smallest absolute Gasteiger partial charge is 0.158 e. The Hall–Kier alpha value is -1.42. The number of nitrogens with zero attached hydrogens (tertiary/aromatic N) is 4. The Morgan fingerprint density at radius 3 is 2.50 bits per heavy atom. The van der Waals surface area contributed by atoms with Gasteiger partial charge < -0.3 is 0 Å². The topological polar surface area (TPSA) is 43.6 Å². The van der Waals surface area contributed by atoms with Gasteiger partial charge in [-0.25, -0.2) is 14.6 Å². The van der Waals surface area contributed by atoms with E-state index in [2.05, 4.69) is 15.1 Å². The molecule has 0 aliphatic carbocycles. The summed E-state index contributed by atoms with van der Waals surface area (Å²) in [4.78, 5) is 8.10. The van der Waals surface area contributed by atoms with Crippen molar-refractivity contribution in [3.05, 3.63) is 35.0 Å². The third-order valence-electron chi connectivity index (χ3n) is 1.79. The second-order valence-electron chi connectivity index (χ2n) is 3.04. The zero-order chi connectivity index (χ0) is 10.1. The summed E-state index contributed by atoms with van der Waals surface area (Å²) < 4.78 is 1.59. The molecular formula is C9H9ClN4. The zero-order valence-corrected chi connectivity index (χ0v) is 8.65. The highest BCUT2D eigenvalue weighted by atomic mass is 35.5. The average molecular weight is 209 g/mol. The first-order valence-electron chi connectivity index (χ1n) is 4.18. The summed E-state index contributed by atoms with van der Waals surface area (Å²) in [7, 11) is 0. The maximum atomic E-state index is 5.97. The highest BCUT2D eigenvalue weighted by molar-refractivity contribution is 6.29. The molecule has 2 aromatic heterocycles. The number of rotatable bonds is 1. The lowest BCUT2D eigenvalue weighted by Crippen LogP contribution is -2.01. The largest absolute Gasteiger partial charge is 0.242 e. The molecule has 72 valence electrons. The second kappa shape index (κ2) is 3.38. The normalized spacial score (nSPS) is 10.5. The lowest BCUT2D eigenvalue weighted by Gasteiger charge is -2.01. The van der Waals surface area contributed by atoms with Crippen LogP contribution in [0.5, 0.6) is 0 Å². The van der Waals surface area contributed by atoms with Gasteiger partial charge in [0.25, 0.3) is 0 Å². The van der Waals surface area contributed by atoms with Crippen molar-refractivity contribution >= 4 is 11.6 Å². The van der Waals surface area contributed by atoms with E-state index in [0.29, 0.717) is 11.0 Å². The summed E-state index contributed by atoms with van der Waals surface area (Å²) in [6, 6.07) is 3.62. The van der Waals surface area contributed by atoms with Crippen LogP contribution in [0.1, 0.15) is 11.4 Å². The minimum Gasteiger partial charge on any atom is -0.242 e. The molecule has 0 aliphatic heterocycles. The number of halogens is 1. The standard InChI is InChI=1S/C9H9ClN4/c1-6-4-9(12-5-11-6)14-8(10)3-7(2)13-14/h3-5H,1-2H3. The van der Waals surface area contributed by atoms with Crippen LogP contribution in [0.25, 0.3) is 5.82 Å². The van der Waals surface area contributed by atoms with Gasteiger partial charge in [-0.15, -0.1) is 0 Å². The molecule has 2 rings (SSSR count). The monoisotopic (exact) mass is 208 g/mol. The predicted molar refractivity (Wildman–Crippen MR) is 53.6 cm³/mol. The van der Waals surface area contributed by atoms with Crippen LogP contribution in [0, 0.1) is 13.8 Å². The van der Waals surface area contributed by atoms with Gasteiger partial charge in [0.15, 0.2) is 5.82 Å². The van der Waals surface area contributed by atoms with Crippen molar-refractivity contribution < 1.29 is 0 Å². The van der Waals surface area contributed by atoms with Crippen molar-refractivity contribution in [1.29, 1.82) is 0 Å². The van der Waals surface area contributed by atoms with Crippen LogP contribution in [0.2, 0.25) is 5.15 Å². The first-order valence-corrected chi connectivity index (χ1v) is 4.56. The quantitative estimate of drug-likeness (QED) is 0.719. The molecule has 0 bridgehead atoms. The van der Waals surface area contributed by atoms with Crippen molar-refractivity contribution in [1.82, 2.24) is 19.7 Å². The molecule has 0 atom stereocenters. The summed E-state index contributed by atoms with van der Waals surface area (Å²) in [6.45, 7) is 3.78. The molecule has 2 heterocycles. The average Bonchev–Trinajstić information content (AvgIpc) is 2.45. The van der Waals surface area contributed by atoms with E-state index in [1.807, 2.05) is 19.9 Å². The van der Waals surface area contributed by atoms with Crippen LogP contribution in [0.15, 0.2) is 18.5 Å². The third kappa shape index (κ3) is 1.61. The van der Waals surface area contributed by atoms with Gasteiger partial charge in [-0.05, 0) is 19.9 Å². The first kappa shape index (κ1) is 9.15. The van der Waals surface area contributed by atoms with Crippen LogP contribution in [-0.2, 0) is 0 Å². The van der Waals surface area contributed by atoms with Crippen LogP contribution in [-0.4, -0.2) is 19.7 Å². The van der Waals surface area contributed by atoms with E-state index in [9.17, 15) is 0 Å². The Bertz CT molecular complexity index is 464. The minimum absolute atomic E-state index is 0.556. The molecule has 0 saturated carbocycles. The highest BCUT2D eigenvalue weighted by Crippen LogP contribution is 2.14. The SMILES string of the molecule is Cc1cc(-n2nc(C)cc2Cl)ncn1. The molecule has 5 heteroatoms. The van der Waals surface area contributed by atoms with E-state index >= 15 is 0 Å². The van der Waals surface area contributed by atoms with Gasteiger partial charge in [0.1, 0.15) is 11.5 Å². The molecule has 0 spiro atoms. The van der Waals surface area contributed by atoms with E-state index in [-0.39, 0.29) is 0 Å². The van der Waals surface area contributed by atoms with E-state index < -0.39 is 0 Å². The van der Waals surface area contributed by atoms with Gasteiger partial charge in [-0.2, -0.15) is 5.10 Å². The van der Waals surface area contributed by atoms with E-state index in [4.69, 9.17) is 11.6 Å². The number of aromatic nitrogens is 4.